The number of nitrogens with zero attached hydrogens (tertiary/aromatic N) is 1. The Labute approximate surface area is 228 Å². The largest absolute Gasteiger partial charge is 0.480 e. The maximum absolute atomic E-state index is 13.4. The molecule has 9 N–H and O–H groups in total. The summed E-state index contributed by atoms with van der Waals surface area (Å²) in [6.07, 6.45) is 5.26. The predicted molar refractivity (Wildman–Crippen MR) is 146 cm³/mol. The fourth-order valence-electron chi connectivity index (χ4n) is 3.96. The first-order chi connectivity index (χ1) is 18.7. The van der Waals surface area contributed by atoms with Crippen molar-refractivity contribution in [3.63, 3.8) is 0 Å². The number of imidazole rings is 1. The van der Waals surface area contributed by atoms with Gasteiger partial charge >= 0.3 is 5.97 Å². The van der Waals surface area contributed by atoms with Crippen molar-refractivity contribution in [3.8, 4) is 0 Å². The third-order valence-corrected chi connectivity index (χ3v) is 6.65. The fraction of sp³-hybridized carbons (Fsp3) is 0.519. The number of nitrogens with one attached hydrogen (secondary N) is 4. The second-order valence-electron chi connectivity index (χ2n) is 9.69. The number of aromatic nitrogens is 2. The van der Waals surface area contributed by atoms with Crippen LogP contribution in [0.4, 0.5) is 0 Å². The Balaban J connectivity index is 2.21. The van der Waals surface area contributed by atoms with Gasteiger partial charge in [0.05, 0.1) is 12.4 Å². The molecule has 1 aromatic carbocycles. The van der Waals surface area contributed by atoms with Crippen LogP contribution in [0, 0.1) is 5.92 Å². The van der Waals surface area contributed by atoms with Crippen LogP contribution in [0.3, 0.4) is 0 Å². The average molecular weight is 544 g/mol. The zero-order chi connectivity index (χ0) is 28.8. The highest BCUT2D eigenvalue weighted by Crippen LogP contribution is 2.09. The molecule has 0 fully saturated rings. The molecule has 0 aliphatic rings. The molecule has 12 nitrogen and oxygen atoms in total. The summed E-state index contributed by atoms with van der Waals surface area (Å²) in [5.41, 5.74) is 13.0. The van der Waals surface area contributed by atoms with E-state index in [1.165, 1.54) is 12.5 Å². The number of hydrogen-bond acceptors (Lipinski definition) is 7. The van der Waals surface area contributed by atoms with Gasteiger partial charge in [-0.15, -0.1) is 0 Å². The fourth-order valence-corrected chi connectivity index (χ4v) is 3.96. The lowest BCUT2D eigenvalue weighted by molar-refractivity contribution is -0.142. The minimum atomic E-state index is -1.21. The molecule has 0 saturated carbocycles. The lowest BCUT2D eigenvalue weighted by atomic mass is 9.98. The number of amides is 3. The number of carboxylic acid groups (broad SMARTS) is 1. The molecule has 0 spiro atoms. The number of aliphatic carboxylic acids is 1. The van der Waals surface area contributed by atoms with E-state index in [0.717, 1.165) is 5.56 Å². The van der Waals surface area contributed by atoms with E-state index < -0.39 is 47.9 Å². The zero-order valence-electron chi connectivity index (χ0n) is 22.6. The van der Waals surface area contributed by atoms with Crippen LogP contribution in [-0.4, -0.2) is 69.5 Å². The van der Waals surface area contributed by atoms with E-state index in [9.17, 15) is 24.3 Å². The molecule has 3 amide bonds. The van der Waals surface area contributed by atoms with Gasteiger partial charge < -0.3 is 37.5 Å². The van der Waals surface area contributed by atoms with Gasteiger partial charge in [0.25, 0.3) is 0 Å². The molecule has 214 valence electrons. The molecule has 0 radical (unpaired) electrons. The van der Waals surface area contributed by atoms with Gasteiger partial charge in [-0.05, 0) is 37.3 Å². The van der Waals surface area contributed by atoms with Gasteiger partial charge in [-0.3, -0.25) is 14.4 Å². The van der Waals surface area contributed by atoms with Crippen LogP contribution in [0.1, 0.15) is 50.8 Å². The number of rotatable bonds is 17. The van der Waals surface area contributed by atoms with Crippen molar-refractivity contribution in [1.82, 2.24) is 25.9 Å². The second-order valence-corrected chi connectivity index (χ2v) is 9.69. The summed E-state index contributed by atoms with van der Waals surface area (Å²) in [7, 11) is 0. The van der Waals surface area contributed by atoms with Crippen LogP contribution in [0.5, 0.6) is 0 Å². The van der Waals surface area contributed by atoms with Gasteiger partial charge in [0.15, 0.2) is 0 Å². The van der Waals surface area contributed by atoms with Gasteiger partial charge in [0.2, 0.25) is 17.7 Å². The molecule has 2 rings (SSSR count). The van der Waals surface area contributed by atoms with Crippen LogP contribution >= 0.6 is 0 Å². The smallest absolute Gasteiger partial charge is 0.326 e. The highest BCUT2D eigenvalue weighted by Gasteiger charge is 2.31. The summed E-state index contributed by atoms with van der Waals surface area (Å²) < 4.78 is 0. The normalized spacial score (nSPS) is 14.9. The predicted octanol–water partition coefficient (Wildman–Crippen LogP) is 0.236. The van der Waals surface area contributed by atoms with Gasteiger partial charge in [-0.2, -0.15) is 0 Å². The van der Waals surface area contributed by atoms with E-state index >= 15 is 0 Å². The van der Waals surface area contributed by atoms with E-state index in [4.69, 9.17) is 11.5 Å². The van der Waals surface area contributed by atoms with E-state index in [1.54, 1.807) is 24.3 Å². The lowest BCUT2D eigenvalue weighted by Gasteiger charge is -2.26. The molecule has 0 saturated heterocycles. The summed E-state index contributed by atoms with van der Waals surface area (Å²) in [5, 5.41) is 17.7. The van der Waals surface area contributed by atoms with Crippen molar-refractivity contribution in [2.75, 3.05) is 6.54 Å². The minimum absolute atomic E-state index is 0.0328. The summed E-state index contributed by atoms with van der Waals surface area (Å²) in [5.74, 6) is -3.00. The lowest BCUT2D eigenvalue weighted by Crippen LogP contribution is -2.58. The molecule has 5 atom stereocenters. The number of carbonyl (C=O) groups excluding carboxylic acids is 3. The monoisotopic (exact) mass is 543 g/mol. The molecular formula is C27H41N7O5. The van der Waals surface area contributed by atoms with Gasteiger partial charge in [0, 0.05) is 24.7 Å². The SMILES string of the molecule is CCC(C)C(N)C(=O)NC(CCCCN)C(=O)NC(Cc1cnc[nH]1)C(=O)NC(Cc1ccccc1)C(=O)O. The topological polar surface area (TPSA) is 205 Å². The van der Waals surface area contributed by atoms with Crippen LogP contribution in [0.2, 0.25) is 0 Å². The maximum atomic E-state index is 13.4. The van der Waals surface area contributed by atoms with Crippen LogP contribution in [0.25, 0.3) is 0 Å². The summed E-state index contributed by atoms with van der Waals surface area (Å²) >= 11 is 0. The zero-order valence-corrected chi connectivity index (χ0v) is 22.6. The average Bonchev–Trinajstić information content (AvgIpc) is 3.44. The third kappa shape index (κ3) is 10.5. The first-order valence-corrected chi connectivity index (χ1v) is 13.3. The maximum Gasteiger partial charge on any atom is 0.326 e. The van der Waals surface area contributed by atoms with E-state index in [2.05, 4.69) is 25.9 Å². The standard InChI is InChI=1S/C27H41N7O5/c1-3-17(2)23(29)26(37)32-20(11-7-8-12-28)24(35)33-21(14-19-15-30-16-31-19)25(36)34-22(27(38)39)13-18-9-5-4-6-10-18/h4-6,9-10,15-17,20-23H,3,7-8,11-14,28-29H2,1-2H3,(H,30,31)(H,32,37)(H,33,35)(H,34,36)(H,38,39). The van der Waals surface area contributed by atoms with E-state index in [-0.39, 0.29) is 18.8 Å². The molecule has 5 unspecified atom stereocenters. The molecule has 2 aromatic rings. The van der Waals surface area contributed by atoms with Crippen LogP contribution < -0.4 is 27.4 Å². The Morgan fingerprint density at radius 2 is 1.59 bits per heavy atom. The number of hydrogen-bond donors (Lipinski definition) is 7. The van der Waals surface area contributed by atoms with Crippen molar-refractivity contribution in [2.24, 2.45) is 17.4 Å². The molecule has 0 bridgehead atoms. The molecule has 0 aliphatic heterocycles. The number of carbonyl (C=O) groups is 4. The summed E-state index contributed by atoms with van der Waals surface area (Å²) in [4.78, 5) is 58.2. The summed E-state index contributed by atoms with van der Waals surface area (Å²) in [6, 6.07) is 4.82. The van der Waals surface area contributed by atoms with E-state index in [1.807, 2.05) is 19.9 Å². The molecular weight excluding hydrogens is 502 g/mol. The van der Waals surface area contributed by atoms with Gasteiger partial charge in [-0.1, -0.05) is 50.6 Å². The van der Waals surface area contributed by atoms with Crippen molar-refractivity contribution < 1.29 is 24.3 Å². The Morgan fingerprint density at radius 1 is 0.949 bits per heavy atom. The molecule has 0 aliphatic carbocycles. The Hall–Kier alpha value is -3.77. The molecule has 1 aromatic heterocycles. The first-order valence-electron chi connectivity index (χ1n) is 13.3. The minimum Gasteiger partial charge on any atom is -0.480 e. The van der Waals surface area contributed by atoms with Crippen molar-refractivity contribution in [3.05, 3.63) is 54.1 Å². The number of benzene rings is 1. The summed E-state index contributed by atoms with van der Waals surface area (Å²) in [6.45, 7) is 4.20. The van der Waals surface area contributed by atoms with Crippen molar-refractivity contribution in [2.45, 2.75) is 76.5 Å². The quantitative estimate of drug-likeness (QED) is 0.137. The third-order valence-electron chi connectivity index (χ3n) is 6.65. The van der Waals surface area contributed by atoms with E-state index in [0.29, 0.717) is 37.9 Å². The number of carboxylic acids is 1. The number of aromatic amines is 1. The molecule has 39 heavy (non-hydrogen) atoms. The second kappa shape index (κ2) is 16.2. The van der Waals surface area contributed by atoms with Crippen molar-refractivity contribution >= 4 is 23.7 Å². The van der Waals surface area contributed by atoms with Crippen LogP contribution in [0.15, 0.2) is 42.9 Å². The van der Waals surface area contributed by atoms with Crippen LogP contribution in [-0.2, 0) is 32.0 Å². The van der Waals surface area contributed by atoms with Crippen molar-refractivity contribution in [1.29, 1.82) is 0 Å². The number of H-pyrrole nitrogens is 1. The van der Waals surface area contributed by atoms with Gasteiger partial charge in [0.1, 0.15) is 18.1 Å². The Bertz CT molecular complexity index is 1050. The number of unbranched alkanes of at least 4 members (excludes halogenated alkanes) is 1. The first kappa shape index (κ1) is 31.4. The molecule has 1 heterocycles. The Kier molecular flexibility index (Phi) is 13.1. The highest BCUT2D eigenvalue weighted by atomic mass is 16.4. The molecule has 12 heteroatoms. The Morgan fingerprint density at radius 3 is 2.18 bits per heavy atom. The van der Waals surface area contributed by atoms with Gasteiger partial charge in [-0.25, -0.2) is 9.78 Å². The highest BCUT2D eigenvalue weighted by molar-refractivity contribution is 5.94. The number of nitrogens with two attached hydrogens (primary N) is 2.